The molecule has 2 atom stereocenters. The van der Waals surface area contributed by atoms with Crippen LogP contribution in [0.15, 0.2) is 42.5 Å². The van der Waals surface area contributed by atoms with Gasteiger partial charge in [0.05, 0.1) is 23.5 Å². The Morgan fingerprint density at radius 3 is 2.62 bits per heavy atom. The van der Waals surface area contributed by atoms with Gasteiger partial charge in [0.15, 0.2) is 0 Å². The van der Waals surface area contributed by atoms with Crippen molar-refractivity contribution in [2.45, 2.75) is 32.4 Å². The van der Waals surface area contributed by atoms with Gasteiger partial charge in [0.1, 0.15) is 0 Å². The molecule has 0 saturated carbocycles. The summed E-state index contributed by atoms with van der Waals surface area (Å²) < 4.78 is 0. The highest BCUT2D eigenvalue weighted by molar-refractivity contribution is 5.90. The lowest BCUT2D eigenvalue weighted by atomic mass is 10.0. The predicted octanol–water partition coefficient (Wildman–Crippen LogP) is 3.27. The molecule has 1 fully saturated rings. The Labute approximate surface area is 143 Å². The van der Waals surface area contributed by atoms with Crippen LogP contribution >= 0.6 is 0 Å². The first-order chi connectivity index (χ1) is 11.5. The van der Waals surface area contributed by atoms with E-state index in [-0.39, 0.29) is 18.1 Å². The molecule has 2 aromatic rings. The Hall–Kier alpha value is -2.40. The molecular formula is C19H24N4O. The molecule has 1 aromatic heterocycles. The van der Waals surface area contributed by atoms with Gasteiger partial charge in [-0.15, -0.1) is 0 Å². The van der Waals surface area contributed by atoms with E-state index >= 15 is 0 Å². The SMILES string of the molecule is Cc1ccc(NC(=O)N[C@@H]2CCN(C)[C@@H]2c2ccccc2)c(C)n1. The van der Waals surface area contributed by atoms with Crippen molar-refractivity contribution in [2.75, 3.05) is 18.9 Å². The highest BCUT2D eigenvalue weighted by Crippen LogP contribution is 2.30. The van der Waals surface area contributed by atoms with E-state index in [0.717, 1.165) is 30.0 Å². The van der Waals surface area contributed by atoms with Crippen molar-refractivity contribution in [3.8, 4) is 0 Å². The van der Waals surface area contributed by atoms with Gasteiger partial charge in [-0.25, -0.2) is 4.79 Å². The van der Waals surface area contributed by atoms with Crippen LogP contribution in [0, 0.1) is 13.8 Å². The number of aryl methyl sites for hydroxylation is 2. The number of rotatable bonds is 3. The monoisotopic (exact) mass is 324 g/mol. The molecule has 1 aliphatic heterocycles. The molecule has 1 saturated heterocycles. The van der Waals surface area contributed by atoms with E-state index in [1.54, 1.807) is 0 Å². The fourth-order valence-electron chi connectivity index (χ4n) is 3.38. The number of aromatic nitrogens is 1. The third-order valence-corrected chi connectivity index (χ3v) is 4.58. The second-order valence-electron chi connectivity index (χ2n) is 6.42. The number of anilines is 1. The number of likely N-dealkylation sites (N-methyl/N-ethyl adjacent to an activating group) is 1. The Balaban J connectivity index is 1.69. The summed E-state index contributed by atoms with van der Waals surface area (Å²) in [7, 11) is 2.10. The number of urea groups is 1. The Kier molecular flexibility index (Phi) is 4.81. The average Bonchev–Trinajstić information content (AvgIpc) is 2.91. The molecule has 0 spiro atoms. The molecule has 5 nitrogen and oxygen atoms in total. The number of hydrogen-bond donors (Lipinski definition) is 2. The smallest absolute Gasteiger partial charge is 0.319 e. The van der Waals surface area contributed by atoms with Crippen LogP contribution in [0.4, 0.5) is 10.5 Å². The number of nitrogens with zero attached hydrogens (tertiary/aromatic N) is 2. The molecule has 2 N–H and O–H groups in total. The minimum Gasteiger partial charge on any atom is -0.333 e. The molecule has 2 heterocycles. The number of hydrogen-bond acceptors (Lipinski definition) is 3. The van der Waals surface area contributed by atoms with Gasteiger partial charge in [0.2, 0.25) is 0 Å². The molecule has 0 unspecified atom stereocenters. The van der Waals surface area contributed by atoms with Crippen LogP contribution in [0.3, 0.4) is 0 Å². The molecule has 0 radical (unpaired) electrons. The van der Waals surface area contributed by atoms with Crippen LogP contribution in [0.1, 0.15) is 29.4 Å². The van der Waals surface area contributed by atoms with Crippen molar-refractivity contribution < 1.29 is 4.79 Å². The maximum atomic E-state index is 12.4. The lowest BCUT2D eigenvalue weighted by Crippen LogP contribution is -2.41. The molecule has 1 aromatic carbocycles. The number of amides is 2. The van der Waals surface area contributed by atoms with E-state index in [9.17, 15) is 4.79 Å². The summed E-state index contributed by atoms with van der Waals surface area (Å²) >= 11 is 0. The third-order valence-electron chi connectivity index (χ3n) is 4.58. The van der Waals surface area contributed by atoms with Crippen molar-refractivity contribution in [3.63, 3.8) is 0 Å². The zero-order valence-corrected chi connectivity index (χ0v) is 14.4. The number of benzene rings is 1. The van der Waals surface area contributed by atoms with Gasteiger partial charge in [0.25, 0.3) is 0 Å². The molecule has 126 valence electrons. The fourth-order valence-corrected chi connectivity index (χ4v) is 3.38. The molecule has 24 heavy (non-hydrogen) atoms. The van der Waals surface area contributed by atoms with E-state index in [0.29, 0.717) is 0 Å². The summed E-state index contributed by atoms with van der Waals surface area (Å²) in [5, 5.41) is 6.05. The van der Waals surface area contributed by atoms with E-state index < -0.39 is 0 Å². The molecule has 0 bridgehead atoms. The summed E-state index contributed by atoms with van der Waals surface area (Å²) in [6, 6.07) is 14.3. The van der Waals surface area contributed by atoms with Crippen molar-refractivity contribution >= 4 is 11.7 Å². The Morgan fingerprint density at radius 1 is 1.17 bits per heavy atom. The van der Waals surface area contributed by atoms with E-state index in [1.807, 2.05) is 44.2 Å². The second kappa shape index (κ2) is 7.01. The normalized spacial score (nSPS) is 20.8. The van der Waals surface area contributed by atoms with Crippen LogP contribution in [0.2, 0.25) is 0 Å². The summed E-state index contributed by atoms with van der Waals surface area (Å²) in [5.41, 5.74) is 3.75. The van der Waals surface area contributed by atoms with E-state index in [4.69, 9.17) is 0 Å². The lowest BCUT2D eigenvalue weighted by molar-refractivity contribution is 0.240. The van der Waals surface area contributed by atoms with Gasteiger partial charge in [-0.3, -0.25) is 9.88 Å². The lowest BCUT2D eigenvalue weighted by Gasteiger charge is -2.26. The van der Waals surface area contributed by atoms with Crippen molar-refractivity contribution in [2.24, 2.45) is 0 Å². The molecular weight excluding hydrogens is 300 g/mol. The zero-order chi connectivity index (χ0) is 17.1. The van der Waals surface area contributed by atoms with E-state index in [2.05, 4.69) is 39.7 Å². The summed E-state index contributed by atoms with van der Waals surface area (Å²) in [5.74, 6) is 0. The van der Waals surface area contributed by atoms with Gasteiger partial charge in [-0.1, -0.05) is 30.3 Å². The zero-order valence-electron chi connectivity index (χ0n) is 14.4. The predicted molar refractivity (Wildman–Crippen MR) is 96.1 cm³/mol. The fraction of sp³-hybridized carbons (Fsp3) is 0.368. The quantitative estimate of drug-likeness (QED) is 0.911. The summed E-state index contributed by atoms with van der Waals surface area (Å²) in [6.07, 6.45) is 0.939. The van der Waals surface area contributed by atoms with Gasteiger partial charge in [0, 0.05) is 12.2 Å². The van der Waals surface area contributed by atoms with Gasteiger partial charge in [-0.05, 0) is 45.0 Å². The van der Waals surface area contributed by atoms with Crippen LogP contribution in [-0.2, 0) is 0 Å². The van der Waals surface area contributed by atoms with Gasteiger partial charge < -0.3 is 10.6 Å². The number of pyridine rings is 1. The highest BCUT2D eigenvalue weighted by atomic mass is 16.2. The number of carbonyl (C=O) groups is 1. The molecule has 0 aliphatic carbocycles. The van der Waals surface area contributed by atoms with Crippen molar-refractivity contribution in [1.29, 1.82) is 0 Å². The van der Waals surface area contributed by atoms with Crippen LogP contribution in [0.25, 0.3) is 0 Å². The first kappa shape index (κ1) is 16.5. The number of carbonyl (C=O) groups excluding carboxylic acids is 1. The van der Waals surface area contributed by atoms with Gasteiger partial charge in [-0.2, -0.15) is 0 Å². The van der Waals surface area contributed by atoms with Crippen LogP contribution in [-0.4, -0.2) is 35.5 Å². The Bertz CT molecular complexity index is 717. The molecule has 5 heteroatoms. The van der Waals surface area contributed by atoms with Crippen molar-refractivity contribution in [1.82, 2.24) is 15.2 Å². The van der Waals surface area contributed by atoms with Crippen LogP contribution < -0.4 is 10.6 Å². The maximum Gasteiger partial charge on any atom is 0.319 e. The third kappa shape index (κ3) is 3.57. The largest absolute Gasteiger partial charge is 0.333 e. The minimum atomic E-state index is -0.176. The number of likely N-dealkylation sites (tertiary alicyclic amines) is 1. The molecule has 2 amide bonds. The summed E-state index contributed by atoms with van der Waals surface area (Å²) in [6.45, 7) is 4.81. The first-order valence-corrected chi connectivity index (χ1v) is 8.31. The van der Waals surface area contributed by atoms with Gasteiger partial charge >= 0.3 is 6.03 Å². The minimum absolute atomic E-state index is 0.0936. The first-order valence-electron chi connectivity index (χ1n) is 8.31. The number of nitrogens with one attached hydrogen (secondary N) is 2. The standard InChI is InChI=1S/C19H24N4O/c1-13-9-10-16(14(2)20-13)21-19(24)22-17-11-12-23(3)18(17)15-7-5-4-6-8-15/h4-10,17-18H,11-12H2,1-3H3,(H2,21,22,24)/t17-,18-/m1/s1. The Morgan fingerprint density at radius 2 is 1.92 bits per heavy atom. The molecule has 3 rings (SSSR count). The maximum absolute atomic E-state index is 12.4. The van der Waals surface area contributed by atoms with Crippen molar-refractivity contribution in [3.05, 3.63) is 59.4 Å². The second-order valence-corrected chi connectivity index (χ2v) is 6.42. The highest BCUT2D eigenvalue weighted by Gasteiger charge is 2.33. The summed E-state index contributed by atoms with van der Waals surface area (Å²) in [4.78, 5) is 19.1. The van der Waals surface area contributed by atoms with E-state index in [1.165, 1.54) is 5.56 Å². The topological polar surface area (TPSA) is 57.3 Å². The molecule has 1 aliphatic rings. The van der Waals surface area contributed by atoms with Crippen LogP contribution in [0.5, 0.6) is 0 Å². The average molecular weight is 324 g/mol.